The van der Waals surface area contributed by atoms with E-state index in [2.05, 4.69) is 12.3 Å². The summed E-state index contributed by atoms with van der Waals surface area (Å²) in [6, 6.07) is 5.91. The minimum Gasteiger partial charge on any atom is -0.496 e. The molecule has 4 heteroatoms. The Bertz CT molecular complexity index is 425. The van der Waals surface area contributed by atoms with Crippen LogP contribution in [0.2, 0.25) is 5.02 Å². The highest BCUT2D eigenvalue weighted by molar-refractivity contribution is 6.30. The Morgan fingerprint density at radius 3 is 2.84 bits per heavy atom. The van der Waals surface area contributed by atoms with Gasteiger partial charge in [0.2, 0.25) is 0 Å². The van der Waals surface area contributed by atoms with Gasteiger partial charge in [0.1, 0.15) is 5.75 Å². The van der Waals surface area contributed by atoms with E-state index in [1.165, 1.54) is 25.7 Å². The van der Waals surface area contributed by atoms with Crippen LogP contribution < -0.4 is 16.0 Å². The van der Waals surface area contributed by atoms with E-state index in [-0.39, 0.29) is 6.04 Å². The van der Waals surface area contributed by atoms with Crippen molar-refractivity contribution in [2.24, 2.45) is 17.7 Å². The van der Waals surface area contributed by atoms with E-state index in [9.17, 15) is 0 Å². The fourth-order valence-electron chi connectivity index (χ4n) is 3.21. The maximum atomic E-state index is 6.02. The van der Waals surface area contributed by atoms with Crippen molar-refractivity contribution in [1.82, 2.24) is 5.43 Å². The van der Waals surface area contributed by atoms with Gasteiger partial charge in [0.15, 0.2) is 0 Å². The van der Waals surface area contributed by atoms with Gasteiger partial charge in [-0.3, -0.25) is 11.3 Å². The van der Waals surface area contributed by atoms with Gasteiger partial charge < -0.3 is 4.74 Å². The van der Waals surface area contributed by atoms with E-state index in [1.807, 2.05) is 18.2 Å². The zero-order valence-corrected chi connectivity index (χ0v) is 12.4. The Hall–Kier alpha value is -0.770. The lowest BCUT2D eigenvalue weighted by Gasteiger charge is -2.33. The molecule has 1 fully saturated rings. The molecule has 106 valence electrons. The maximum Gasteiger partial charge on any atom is 0.125 e. The second kappa shape index (κ2) is 6.60. The SMILES string of the molecule is COc1cc(Cl)ccc1C(NN)C1CCCC(C)C1. The highest BCUT2D eigenvalue weighted by Crippen LogP contribution is 2.40. The minimum atomic E-state index is 0.134. The van der Waals surface area contributed by atoms with Crippen LogP contribution in [0.25, 0.3) is 0 Å². The molecule has 0 radical (unpaired) electrons. The number of nitrogens with two attached hydrogens (primary N) is 1. The molecule has 3 N–H and O–H groups in total. The monoisotopic (exact) mass is 282 g/mol. The number of benzene rings is 1. The Labute approximate surface area is 120 Å². The number of methoxy groups -OCH3 is 1. The molecule has 1 aromatic carbocycles. The molecule has 1 aromatic rings. The lowest BCUT2D eigenvalue weighted by Crippen LogP contribution is -2.35. The van der Waals surface area contributed by atoms with Gasteiger partial charge in [0.05, 0.1) is 13.2 Å². The third kappa shape index (κ3) is 3.41. The summed E-state index contributed by atoms with van der Waals surface area (Å²) >= 11 is 6.02. The Morgan fingerprint density at radius 1 is 1.42 bits per heavy atom. The second-order valence-corrected chi connectivity index (χ2v) is 6.00. The Balaban J connectivity index is 2.25. The number of nitrogens with one attached hydrogen (secondary N) is 1. The van der Waals surface area contributed by atoms with Crippen molar-refractivity contribution in [3.63, 3.8) is 0 Å². The molecule has 3 nitrogen and oxygen atoms in total. The average Bonchev–Trinajstić information content (AvgIpc) is 2.41. The first-order valence-electron chi connectivity index (χ1n) is 6.95. The van der Waals surface area contributed by atoms with Gasteiger partial charge >= 0.3 is 0 Å². The zero-order valence-electron chi connectivity index (χ0n) is 11.7. The van der Waals surface area contributed by atoms with Crippen molar-refractivity contribution in [3.8, 4) is 5.75 Å². The molecular formula is C15H23ClN2O. The van der Waals surface area contributed by atoms with Crippen LogP contribution in [0.5, 0.6) is 5.75 Å². The fraction of sp³-hybridized carbons (Fsp3) is 0.600. The molecule has 1 aliphatic rings. The molecular weight excluding hydrogens is 260 g/mol. The number of rotatable bonds is 4. The van der Waals surface area contributed by atoms with Gasteiger partial charge in [0, 0.05) is 10.6 Å². The number of halogens is 1. The summed E-state index contributed by atoms with van der Waals surface area (Å²) in [4.78, 5) is 0. The highest BCUT2D eigenvalue weighted by Gasteiger charge is 2.28. The van der Waals surface area contributed by atoms with Crippen LogP contribution >= 0.6 is 11.6 Å². The molecule has 2 rings (SSSR count). The van der Waals surface area contributed by atoms with Crippen molar-refractivity contribution >= 4 is 11.6 Å². The smallest absolute Gasteiger partial charge is 0.125 e. The predicted octanol–water partition coefficient (Wildman–Crippen LogP) is 3.68. The third-order valence-corrected chi connectivity index (χ3v) is 4.39. The molecule has 0 heterocycles. The van der Waals surface area contributed by atoms with Gasteiger partial charge in [-0.1, -0.05) is 37.4 Å². The first-order chi connectivity index (χ1) is 9.15. The van der Waals surface area contributed by atoms with E-state index < -0.39 is 0 Å². The van der Waals surface area contributed by atoms with Crippen LogP contribution in [-0.4, -0.2) is 7.11 Å². The van der Waals surface area contributed by atoms with E-state index >= 15 is 0 Å². The summed E-state index contributed by atoms with van der Waals surface area (Å²) in [5.41, 5.74) is 4.08. The van der Waals surface area contributed by atoms with E-state index in [1.54, 1.807) is 7.11 Å². The number of hydrogen-bond acceptors (Lipinski definition) is 3. The summed E-state index contributed by atoms with van der Waals surface area (Å²) in [5, 5.41) is 0.688. The van der Waals surface area contributed by atoms with Crippen LogP contribution in [0.1, 0.15) is 44.2 Å². The number of hydrazine groups is 1. The van der Waals surface area contributed by atoms with E-state index in [4.69, 9.17) is 22.2 Å². The molecule has 1 aliphatic carbocycles. The van der Waals surface area contributed by atoms with Crippen molar-refractivity contribution in [2.45, 2.75) is 38.6 Å². The van der Waals surface area contributed by atoms with Crippen LogP contribution in [0.4, 0.5) is 0 Å². The molecule has 1 saturated carbocycles. The summed E-state index contributed by atoms with van der Waals surface area (Å²) in [5.74, 6) is 7.95. The second-order valence-electron chi connectivity index (χ2n) is 5.56. The molecule has 19 heavy (non-hydrogen) atoms. The van der Waals surface area contributed by atoms with Gasteiger partial charge in [-0.15, -0.1) is 0 Å². The van der Waals surface area contributed by atoms with Gasteiger partial charge in [-0.25, -0.2) is 0 Å². The summed E-state index contributed by atoms with van der Waals surface area (Å²) in [7, 11) is 1.67. The molecule has 0 aromatic heterocycles. The van der Waals surface area contributed by atoms with Gasteiger partial charge in [-0.2, -0.15) is 0 Å². The third-order valence-electron chi connectivity index (χ3n) is 4.16. The standard InChI is InChI=1S/C15H23ClN2O/c1-10-4-3-5-11(8-10)15(18-17)13-7-6-12(16)9-14(13)19-2/h6-7,9-11,15,18H,3-5,8,17H2,1-2H3. The highest BCUT2D eigenvalue weighted by atomic mass is 35.5. The zero-order chi connectivity index (χ0) is 13.8. The van der Waals surface area contributed by atoms with E-state index in [0.717, 1.165) is 17.2 Å². The van der Waals surface area contributed by atoms with E-state index in [0.29, 0.717) is 10.9 Å². The summed E-state index contributed by atoms with van der Waals surface area (Å²) in [6.45, 7) is 2.32. The van der Waals surface area contributed by atoms with Crippen molar-refractivity contribution in [3.05, 3.63) is 28.8 Å². The molecule has 3 unspecified atom stereocenters. The Morgan fingerprint density at radius 2 is 2.21 bits per heavy atom. The number of hydrogen-bond donors (Lipinski definition) is 2. The molecule has 0 spiro atoms. The summed E-state index contributed by atoms with van der Waals surface area (Å²) < 4.78 is 5.45. The summed E-state index contributed by atoms with van der Waals surface area (Å²) in [6.07, 6.45) is 5.02. The average molecular weight is 283 g/mol. The molecule has 3 atom stereocenters. The largest absolute Gasteiger partial charge is 0.496 e. The Kier molecular flexibility index (Phi) is 5.08. The quantitative estimate of drug-likeness (QED) is 0.654. The van der Waals surface area contributed by atoms with Crippen LogP contribution in [0.15, 0.2) is 18.2 Å². The molecule has 0 aliphatic heterocycles. The fourth-order valence-corrected chi connectivity index (χ4v) is 3.37. The van der Waals surface area contributed by atoms with Crippen molar-refractivity contribution in [2.75, 3.05) is 7.11 Å². The lowest BCUT2D eigenvalue weighted by molar-refractivity contribution is 0.221. The maximum absolute atomic E-state index is 6.02. The first kappa shape index (κ1) is 14.6. The molecule has 0 bridgehead atoms. The molecule has 0 amide bonds. The minimum absolute atomic E-state index is 0.134. The topological polar surface area (TPSA) is 47.3 Å². The van der Waals surface area contributed by atoms with Crippen LogP contribution in [0, 0.1) is 11.8 Å². The number of ether oxygens (including phenoxy) is 1. The lowest BCUT2D eigenvalue weighted by atomic mass is 9.77. The van der Waals surface area contributed by atoms with Crippen LogP contribution in [-0.2, 0) is 0 Å². The molecule has 0 saturated heterocycles. The van der Waals surface area contributed by atoms with Crippen molar-refractivity contribution < 1.29 is 4.74 Å². The predicted molar refractivity (Wildman–Crippen MR) is 79.2 cm³/mol. The first-order valence-corrected chi connectivity index (χ1v) is 7.33. The van der Waals surface area contributed by atoms with Crippen LogP contribution in [0.3, 0.4) is 0 Å². The van der Waals surface area contributed by atoms with Gasteiger partial charge in [-0.05, 0) is 36.8 Å². The van der Waals surface area contributed by atoms with Gasteiger partial charge in [0.25, 0.3) is 0 Å². The normalized spacial score (nSPS) is 25.1. The van der Waals surface area contributed by atoms with Crippen molar-refractivity contribution in [1.29, 1.82) is 0 Å².